The van der Waals surface area contributed by atoms with E-state index in [4.69, 9.17) is 5.73 Å². The molecule has 0 radical (unpaired) electrons. The number of thioether (sulfide) groups is 1. The van der Waals surface area contributed by atoms with Crippen molar-refractivity contribution >= 4 is 16.7 Å². The maximum absolute atomic E-state index is 5.94. The molecule has 0 bridgehead atoms. The second-order valence-corrected chi connectivity index (χ2v) is 6.60. The second-order valence-electron chi connectivity index (χ2n) is 5.51. The number of hydrogen-bond acceptors (Lipinski definition) is 3. The monoisotopic (exact) mass is 258 g/mol. The lowest BCUT2D eigenvalue weighted by Gasteiger charge is -2.17. The molecular weight excluding hydrogens is 240 g/mol. The van der Waals surface area contributed by atoms with Gasteiger partial charge in [0.1, 0.15) is 0 Å². The number of nitrogens with zero attached hydrogens (tertiary/aromatic N) is 1. The molecule has 2 heterocycles. The summed E-state index contributed by atoms with van der Waals surface area (Å²) in [6.45, 7) is 4.48. The van der Waals surface area contributed by atoms with Crippen molar-refractivity contribution in [3.8, 4) is 0 Å². The Balaban J connectivity index is 1.97. The molecule has 2 aliphatic rings. The molecule has 1 aliphatic heterocycles. The van der Waals surface area contributed by atoms with E-state index >= 15 is 0 Å². The molecule has 2 nitrogen and oxygen atoms in total. The molecule has 0 saturated heterocycles. The van der Waals surface area contributed by atoms with Gasteiger partial charge in [0, 0.05) is 22.2 Å². The minimum Gasteiger partial charge on any atom is -0.394 e. The molecule has 1 aromatic heterocycles. The molecule has 1 aromatic rings. The SMILES string of the molecule is CC1=C(c2ccnc(C3(C)CC3)c2)SC(N)=CC1. The highest BCUT2D eigenvalue weighted by Gasteiger charge is 2.40. The first kappa shape index (κ1) is 11.8. The maximum Gasteiger partial charge on any atom is 0.0666 e. The van der Waals surface area contributed by atoms with Crippen molar-refractivity contribution in [3.63, 3.8) is 0 Å². The fourth-order valence-electron chi connectivity index (χ4n) is 2.24. The van der Waals surface area contributed by atoms with Crippen molar-refractivity contribution in [1.82, 2.24) is 4.98 Å². The van der Waals surface area contributed by atoms with Gasteiger partial charge < -0.3 is 5.73 Å². The van der Waals surface area contributed by atoms with Crippen LogP contribution in [0.1, 0.15) is 44.4 Å². The third-order valence-corrected chi connectivity index (χ3v) is 5.05. The van der Waals surface area contributed by atoms with Gasteiger partial charge in [-0.3, -0.25) is 4.98 Å². The predicted molar refractivity (Wildman–Crippen MR) is 77.9 cm³/mol. The number of pyridine rings is 1. The van der Waals surface area contributed by atoms with Crippen molar-refractivity contribution in [2.24, 2.45) is 5.73 Å². The van der Waals surface area contributed by atoms with E-state index in [-0.39, 0.29) is 0 Å². The van der Waals surface area contributed by atoms with Crippen LogP contribution in [0.4, 0.5) is 0 Å². The van der Waals surface area contributed by atoms with Crippen LogP contribution in [0.5, 0.6) is 0 Å². The second kappa shape index (κ2) is 4.16. The summed E-state index contributed by atoms with van der Waals surface area (Å²) < 4.78 is 0. The van der Waals surface area contributed by atoms with Crippen LogP contribution in [-0.4, -0.2) is 4.98 Å². The fourth-order valence-corrected chi connectivity index (χ4v) is 3.15. The van der Waals surface area contributed by atoms with Crippen LogP contribution in [0.2, 0.25) is 0 Å². The van der Waals surface area contributed by atoms with Crippen LogP contribution in [0.15, 0.2) is 35.0 Å². The Labute approximate surface area is 112 Å². The average Bonchev–Trinajstić information content (AvgIpc) is 3.12. The largest absolute Gasteiger partial charge is 0.394 e. The number of rotatable bonds is 2. The Hall–Kier alpha value is -1.22. The smallest absolute Gasteiger partial charge is 0.0666 e. The van der Waals surface area contributed by atoms with Crippen molar-refractivity contribution in [3.05, 3.63) is 46.3 Å². The first-order valence-electron chi connectivity index (χ1n) is 6.39. The Kier molecular flexibility index (Phi) is 2.74. The molecule has 0 spiro atoms. The zero-order chi connectivity index (χ0) is 12.8. The van der Waals surface area contributed by atoms with Crippen LogP contribution < -0.4 is 5.73 Å². The van der Waals surface area contributed by atoms with Gasteiger partial charge in [0.25, 0.3) is 0 Å². The van der Waals surface area contributed by atoms with Crippen molar-refractivity contribution in [1.29, 1.82) is 0 Å². The molecule has 0 aromatic carbocycles. The lowest BCUT2D eigenvalue weighted by molar-refractivity contribution is 0.749. The lowest BCUT2D eigenvalue weighted by Crippen LogP contribution is -2.05. The Morgan fingerprint density at radius 2 is 2.17 bits per heavy atom. The molecule has 18 heavy (non-hydrogen) atoms. The van der Waals surface area contributed by atoms with Gasteiger partial charge >= 0.3 is 0 Å². The summed E-state index contributed by atoms with van der Waals surface area (Å²) in [5.74, 6) is 0. The van der Waals surface area contributed by atoms with E-state index in [0.717, 1.165) is 11.4 Å². The van der Waals surface area contributed by atoms with Gasteiger partial charge in [0.2, 0.25) is 0 Å². The molecular formula is C15H18N2S. The summed E-state index contributed by atoms with van der Waals surface area (Å²) >= 11 is 1.68. The van der Waals surface area contributed by atoms with E-state index in [1.807, 2.05) is 6.20 Å². The minimum absolute atomic E-state index is 0.325. The molecule has 3 heteroatoms. The molecule has 1 fully saturated rings. The normalized spacial score (nSPS) is 21.8. The van der Waals surface area contributed by atoms with Gasteiger partial charge in [0.15, 0.2) is 0 Å². The van der Waals surface area contributed by atoms with Gasteiger partial charge in [-0.2, -0.15) is 0 Å². The summed E-state index contributed by atoms with van der Waals surface area (Å²) in [6, 6.07) is 4.34. The highest BCUT2D eigenvalue weighted by molar-refractivity contribution is 8.11. The minimum atomic E-state index is 0.325. The maximum atomic E-state index is 5.94. The van der Waals surface area contributed by atoms with Gasteiger partial charge in [-0.1, -0.05) is 30.3 Å². The van der Waals surface area contributed by atoms with Gasteiger partial charge in [-0.15, -0.1) is 0 Å². The summed E-state index contributed by atoms with van der Waals surface area (Å²) in [5.41, 5.74) is 10.2. The Morgan fingerprint density at radius 3 is 2.89 bits per heavy atom. The van der Waals surface area contributed by atoms with E-state index < -0.39 is 0 Å². The highest BCUT2D eigenvalue weighted by Crippen LogP contribution is 2.48. The quantitative estimate of drug-likeness (QED) is 0.877. The molecule has 0 unspecified atom stereocenters. The van der Waals surface area contributed by atoms with Crippen LogP contribution in [0, 0.1) is 0 Å². The summed E-state index contributed by atoms with van der Waals surface area (Å²) in [6.07, 6.45) is 7.51. The van der Waals surface area contributed by atoms with Crippen LogP contribution in [0.3, 0.4) is 0 Å². The highest BCUT2D eigenvalue weighted by atomic mass is 32.2. The number of allylic oxidation sites excluding steroid dienone is 2. The standard InChI is InChI=1S/C15H18N2S/c1-10-3-4-13(16)18-14(10)11-5-8-17-12(9-11)15(2)6-7-15/h4-5,8-9H,3,6-7,16H2,1-2H3. The number of aromatic nitrogens is 1. The average molecular weight is 258 g/mol. The van der Waals surface area contributed by atoms with E-state index in [1.165, 1.54) is 34.6 Å². The molecule has 0 atom stereocenters. The van der Waals surface area contributed by atoms with Gasteiger partial charge in [0.05, 0.1) is 5.03 Å². The van der Waals surface area contributed by atoms with E-state index in [1.54, 1.807) is 11.8 Å². The number of hydrogen-bond donors (Lipinski definition) is 1. The first-order valence-corrected chi connectivity index (χ1v) is 7.20. The van der Waals surface area contributed by atoms with Crippen molar-refractivity contribution < 1.29 is 0 Å². The Bertz CT molecular complexity index is 553. The Morgan fingerprint density at radius 1 is 1.39 bits per heavy atom. The summed E-state index contributed by atoms with van der Waals surface area (Å²) in [5, 5.41) is 0.909. The molecule has 2 N–H and O–H groups in total. The van der Waals surface area contributed by atoms with Gasteiger partial charge in [-0.25, -0.2) is 0 Å². The lowest BCUT2D eigenvalue weighted by atomic mass is 10.0. The molecule has 3 rings (SSSR count). The van der Waals surface area contributed by atoms with Crippen LogP contribution >= 0.6 is 11.8 Å². The third kappa shape index (κ3) is 2.07. The van der Waals surface area contributed by atoms with Crippen molar-refractivity contribution in [2.45, 2.75) is 38.5 Å². The van der Waals surface area contributed by atoms with Crippen LogP contribution in [-0.2, 0) is 5.41 Å². The molecule has 1 saturated carbocycles. The predicted octanol–water partition coefficient (Wildman–Crippen LogP) is 3.80. The van der Waals surface area contributed by atoms with Crippen molar-refractivity contribution in [2.75, 3.05) is 0 Å². The van der Waals surface area contributed by atoms with Gasteiger partial charge in [-0.05, 0) is 43.9 Å². The summed E-state index contributed by atoms with van der Waals surface area (Å²) in [4.78, 5) is 5.84. The van der Waals surface area contributed by atoms with E-state index in [0.29, 0.717) is 5.41 Å². The molecule has 94 valence electrons. The number of nitrogens with two attached hydrogens (primary N) is 1. The summed E-state index contributed by atoms with van der Waals surface area (Å²) in [7, 11) is 0. The zero-order valence-corrected chi connectivity index (χ0v) is 11.7. The topological polar surface area (TPSA) is 38.9 Å². The van der Waals surface area contributed by atoms with Crippen LogP contribution in [0.25, 0.3) is 4.91 Å². The zero-order valence-electron chi connectivity index (χ0n) is 10.9. The third-order valence-electron chi connectivity index (χ3n) is 3.86. The first-order chi connectivity index (χ1) is 8.58. The fraction of sp³-hybridized carbons (Fsp3) is 0.400. The van der Waals surface area contributed by atoms with E-state index in [2.05, 4.69) is 37.0 Å². The van der Waals surface area contributed by atoms with E-state index in [9.17, 15) is 0 Å². The molecule has 1 aliphatic carbocycles. The molecule has 0 amide bonds.